The van der Waals surface area contributed by atoms with Gasteiger partial charge >= 0.3 is 6.18 Å². The third kappa shape index (κ3) is 3.24. The van der Waals surface area contributed by atoms with Gasteiger partial charge in [0.1, 0.15) is 5.54 Å². The number of hydrogen-bond donors (Lipinski definition) is 1. The molecule has 4 aliphatic rings. The van der Waals surface area contributed by atoms with Crippen LogP contribution in [0.15, 0.2) is 52.4 Å². The number of halogens is 4. The van der Waals surface area contributed by atoms with Gasteiger partial charge in [0.15, 0.2) is 0 Å². The van der Waals surface area contributed by atoms with Crippen molar-refractivity contribution in [3.63, 3.8) is 0 Å². The van der Waals surface area contributed by atoms with Gasteiger partial charge in [-0.05, 0) is 31.9 Å². The van der Waals surface area contributed by atoms with Crippen molar-refractivity contribution in [1.82, 2.24) is 25.1 Å². The van der Waals surface area contributed by atoms with Crippen LogP contribution in [-0.4, -0.2) is 38.2 Å². The van der Waals surface area contributed by atoms with Crippen LogP contribution in [0.2, 0.25) is 0 Å². The third-order valence-electron chi connectivity index (χ3n) is 8.42. The van der Waals surface area contributed by atoms with Crippen molar-refractivity contribution in [2.24, 2.45) is 4.99 Å². The third-order valence-corrected chi connectivity index (χ3v) is 8.91. The standard InChI is InChI=1S/C28H25ClF3N7/c1-4-15-6-5-7-17-21-23-26(2,36-14-35-23)10-20(29)27(21,3)24-18-13-38(9-8-19(18)37-39(24)22(15)17)25-33-11-16(12-34-25)28(30,31)32/h5-7,10-12,14H,4,8-9,13H2,1-3H3,(H,35,36). The van der Waals surface area contributed by atoms with Crippen LogP contribution < -0.4 is 10.2 Å². The molecule has 0 spiro atoms. The quantitative estimate of drug-likeness (QED) is 0.467. The van der Waals surface area contributed by atoms with E-state index in [1.165, 1.54) is 0 Å². The van der Waals surface area contributed by atoms with Gasteiger partial charge in [-0.2, -0.15) is 18.3 Å². The van der Waals surface area contributed by atoms with E-state index in [0.717, 1.165) is 63.9 Å². The number of aliphatic imine (C=N–C) groups is 1. The molecule has 3 aliphatic heterocycles. The Kier molecular flexibility index (Phi) is 4.96. The summed E-state index contributed by atoms with van der Waals surface area (Å²) in [5.74, 6) is 0.256. The van der Waals surface area contributed by atoms with Crippen LogP contribution in [0.4, 0.5) is 19.1 Å². The second-order valence-corrected chi connectivity index (χ2v) is 11.1. The average Bonchev–Trinajstić information content (AvgIpc) is 3.48. The van der Waals surface area contributed by atoms with Crippen LogP contribution in [0.1, 0.15) is 54.4 Å². The predicted molar refractivity (Wildman–Crippen MR) is 143 cm³/mol. The molecule has 0 radical (unpaired) electrons. The van der Waals surface area contributed by atoms with Crippen LogP contribution >= 0.6 is 11.6 Å². The van der Waals surface area contributed by atoms with Gasteiger partial charge in [0.25, 0.3) is 0 Å². The zero-order chi connectivity index (χ0) is 27.3. The molecule has 0 saturated heterocycles. The highest BCUT2D eigenvalue weighted by Gasteiger charge is 2.53. The predicted octanol–water partition coefficient (Wildman–Crippen LogP) is 5.32. The van der Waals surface area contributed by atoms with Gasteiger partial charge < -0.3 is 10.2 Å². The summed E-state index contributed by atoms with van der Waals surface area (Å²) in [7, 11) is 0. The van der Waals surface area contributed by atoms with Crippen LogP contribution in [0, 0.1) is 0 Å². The minimum atomic E-state index is -4.49. The number of benzene rings is 1. The number of hydrogen-bond acceptors (Lipinski definition) is 6. The molecule has 0 saturated carbocycles. The summed E-state index contributed by atoms with van der Waals surface area (Å²) < 4.78 is 41.4. The molecule has 11 heteroatoms. The molecule has 7 rings (SSSR count). The number of allylic oxidation sites excluding steroid dienone is 2. The Bertz CT molecular complexity index is 1640. The molecule has 3 aromatic rings. The van der Waals surface area contributed by atoms with Crippen molar-refractivity contribution < 1.29 is 13.2 Å². The van der Waals surface area contributed by atoms with Gasteiger partial charge in [-0.15, -0.1) is 0 Å². The van der Waals surface area contributed by atoms with Gasteiger partial charge in [0, 0.05) is 53.6 Å². The molecule has 2 aromatic heterocycles. The van der Waals surface area contributed by atoms with Crippen molar-refractivity contribution in [3.05, 3.63) is 81.0 Å². The lowest BCUT2D eigenvalue weighted by atomic mass is 9.65. The van der Waals surface area contributed by atoms with E-state index in [-0.39, 0.29) is 5.95 Å². The molecule has 7 nitrogen and oxygen atoms in total. The fourth-order valence-electron chi connectivity index (χ4n) is 6.45. The lowest BCUT2D eigenvalue weighted by Crippen LogP contribution is -2.43. The summed E-state index contributed by atoms with van der Waals surface area (Å²) >= 11 is 7.21. The first-order chi connectivity index (χ1) is 18.6. The number of nitrogens with one attached hydrogen (secondary N) is 1. The van der Waals surface area contributed by atoms with Crippen LogP contribution in [0.5, 0.6) is 0 Å². The molecule has 0 amide bonds. The maximum absolute atomic E-state index is 13.1. The Hall–Kier alpha value is -3.66. The second-order valence-electron chi connectivity index (χ2n) is 10.7. The summed E-state index contributed by atoms with van der Waals surface area (Å²) in [6.45, 7) is 7.24. The van der Waals surface area contributed by atoms with Crippen molar-refractivity contribution in [2.75, 3.05) is 11.4 Å². The second kappa shape index (κ2) is 7.94. The first kappa shape index (κ1) is 24.4. The maximum atomic E-state index is 13.1. The zero-order valence-corrected chi connectivity index (χ0v) is 22.3. The molecule has 1 N–H and O–H groups in total. The minimum Gasteiger partial charge on any atom is -0.347 e. The van der Waals surface area contributed by atoms with Crippen molar-refractivity contribution in [2.45, 2.75) is 57.3 Å². The first-order valence-electron chi connectivity index (χ1n) is 12.9. The fourth-order valence-corrected chi connectivity index (χ4v) is 6.85. The summed E-state index contributed by atoms with van der Waals surface area (Å²) in [5.41, 5.74) is 6.04. The highest BCUT2D eigenvalue weighted by molar-refractivity contribution is 6.32. The Morgan fingerprint density at radius 2 is 1.92 bits per heavy atom. The van der Waals surface area contributed by atoms with Crippen molar-refractivity contribution in [1.29, 1.82) is 0 Å². The number of nitrogens with zero attached hydrogens (tertiary/aromatic N) is 6. The Morgan fingerprint density at radius 3 is 2.64 bits per heavy atom. The van der Waals surface area contributed by atoms with Crippen LogP contribution in [0.3, 0.4) is 0 Å². The Balaban J connectivity index is 1.43. The van der Waals surface area contributed by atoms with E-state index in [9.17, 15) is 13.2 Å². The van der Waals surface area contributed by atoms with E-state index < -0.39 is 22.7 Å². The van der Waals surface area contributed by atoms with E-state index in [1.54, 1.807) is 6.34 Å². The fraction of sp³-hybridized carbons (Fsp3) is 0.357. The molecule has 0 fully saturated rings. The topological polar surface area (TPSA) is 71.2 Å². The van der Waals surface area contributed by atoms with Gasteiger partial charge in [0.05, 0.1) is 40.1 Å². The molecule has 5 heterocycles. The van der Waals surface area contributed by atoms with E-state index in [4.69, 9.17) is 21.7 Å². The van der Waals surface area contributed by atoms with Crippen molar-refractivity contribution in [3.8, 4) is 5.69 Å². The molecule has 1 aromatic carbocycles. The number of alkyl halides is 3. The first-order valence-corrected chi connectivity index (χ1v) is 13.3. The van der Waals surface area contributed by atoms with Gasteiger partial charge in [-0.3, -0.25) is 4.99 Å². The number of fused-ring (bicyclic) bond motifs is 9. The number of aryl methyl sites for hydroxylation is 1. The summed E-state index contributed by atoms with van der Waals surface area (Å²) in [5, 5.41) is 9.20. The molecule has 1 aliphatic carbocycles. The lowest BCUT2D eigenvalue weighted by molar-refractivity contribution is -0.138. The number of rotatable bonds is 2. The molecular formula is C28H25ClF3N7. The average molecular weight is 552 g/mol. The van der Waals surface area contributed by atoms with Gasteiger partial charge in [-0.25, -0.2) is 14.6 Å². The largest absolute Gasteiger partial charge is 0.419 e. The minimum absolute atomic E-state index is 0.256. The molecule has 39 heavy (non-hydrogen) atoms. The number of aromatic nitrogens is 4. The summed E-state index contributed by atoms with van der Waals surface area (Å²) in [6.07, 6.45) is 2.34. The van der Waals surface area contributed by atoms with Gasteiger partial charge in [-0.1, -0.05) is 36.7 Å². The van der Waals surface area contributed by atoms with E-state index in [2.05, 4.69) is 52.0 Å². The van der Waals surface area contributed by atoms with E-state index in [1.807, 2.05) is 17.9 Å². The van der Waals surface area contributed by atoms with Gasteiger partial charge in [0.2, 0.25) is 5.95 Å². The van der Waals surface area contributed by atoms with Crippen LogP contribution in [-0.2, 0) is 31.0 Å². The van der Waals surface area contributed by atoms with E-state index >= 15 is 0 Å². The zero-order valence-electron chi connectivity index (χ0n) is 21.6. The number of anilines is 1. The lowest BCUT2D eigenvalue weighted by Gasteiger charge is -2.45. The Morgan fingerprint density at radius 1 is 1.15 bits per heavy atom. The normalized spacial score (nSPS) is 24.9. The summed E-state index contributed by atoms with van der Waals surface area (Å²) in [4.78, 5) is 14.7. The SMILES string of the molecule is CCc1cccc2c1-n1nc3c(c1C1(C)C(Cl)=CC4(C)N=CNC4=C21)CN(c1ncc(C(F)(F)F)cn1)CC3. The Labute approximate surface area is 228 Å². The molecular weight excluding hydrogens is 527 g/mol. The smallest absolute Gasteiger partial charge is 0.347 e. The van der Waals surface area contributed by atoms with Crippen molar-refractivity contribution >= 4 is 29.5 Å². The highest BCUT2D eigenvalue weighted by atomic mass is 35.5. The molecule has 2 atom stereocenters. The monoisotopic (exact) mass is 551 g/mol. The maximum Gasteiger partial charge on any atom is 0.419 e. The molecule has 2 unspecified atom stereocenters. The molecule has 200 valence electrons. The highest BCUT2D eigenvalue weighted by Crippen LogP contribution is 2.58. The summed E-state index contributed by atoms with van der Waals surface area (Å²) in [6, 6.07) is 6.32. The van der Waals surface area contributed by atoms with Crippen LogP contribution in [0.25, 0.3) is 11.3 Å². The van der Waals surface area contributed by atoms with E-state index in [0.29, 0.717) is 24.5 Å². The number of para-hydroxylation sites is 1. The molecule has 0 bridgehead atoms.